The third-order valence-electron chi connectivity index (χ3n) is 3.50. The van der Waals surface area contributed by atoms with Crippen LogP contribution in [0.15, 0.2) is 50.3 Å². The fourth-order valence-corrected chi connectivity index (χ4v) is 3.84. The number of nitrogens with one attached hydrogen (secondary N) is 1. The number of benzene rings is 1. The predicted molar refractivity (Wildman–Crippen MR) is 107 cm³/mol. The molecule has 124 valence electrons. The average Bonchev–Trinajstić information content (AvgIpc) is 2.86. The first-order valence-electron chi connectivity index (χ1n) is 7.22. The van der Waals surface area contributed by atoms with Crippen molar-refractivity contribution < 1.29 is 9.53 Å². The smallest absolute Gasteiger partial charge is 0.263 e. The molecular weight excluding hydrogens is 430 g/mol. The van der Waals surface area contributed by atoms with E-state index in [0.717, 1.165) is 33.7 Å². The summed E-state index contributed by atoms with van der Waals surface area (Å²) in [6.45, 7) is 0.496. The molecule has 0 spiro atoms. The highest BCUT2D eigenvalue weighted by atomic mass is 79.9. The molecule has 1 aliphatic heterocycles. The quantitative estimate of drug-likeness (QED) is 0.516. The van der Waals surface area contributed by atoms with Crippen molar-refractivity contribution in [2.24, 2.45) is 0 Å². The van der Waals surface area contributed by atoms with E-state index in [1.54, 1.807) is 6.08 Å². The summed E-state index contributed by atoms with van der Waals surface area (Å²) in [4.78, 5) is 12.4. The number of hydrogen-bond donors (Lipinski definition) is 1. The Morgan fingerprint density at radius 1 is 1.38 bits per heavy atom. The standard InChI is InChI=1S/C17H13BrClNO2S2/c18-12-3-6-14(22-9-10-1-4-13(19)5-2-10)11(7-12)8-15-16(21)20-17(23)24-15/h1,3-4,6-8H,2,5,9H2,(H,20,21,23). The fourth-order valence-electron chi connectivity index (χ4n) is 2.27. The molecule has 1 aromatic carbocycles. The second kappa shape index (κ2) is 7.87. The lowest BCUT2D eigenvalue weighted by molar-refractivity contribution is -0.115. The van der Waals surface area contributed by atoms with E-state index in [0.29, 0.717) is 15.8 Å². The van der Waals surface area contributed by atoms with Gasteiger partial charge in [0.15, 0.2) is 0 Å². The Bertz CT molecular complexity index is 802. The number of hydrogen-bond acceptors (Lipinski definition) is 4. The van der Waals surface area contributed by atoms with Gasteiger partial charge in [0.1, 0.15) is 16.7 Å². The van der Waals surface area contributed by atoms with Crippen molar-refractivity contribution in [3.63, 3.8) is 0 Å². The minimum atomic E-state index is -0.175. The van der Waals surface area contributed by atoms with E-state index < -0.39 is 0 Å². The molecule has 0 saturated carbocycles. The van der Waals surface area contributed by atoms with Gasteiger partial charge in [0.05, 0.1) is 4.91 Å². The van der Waals surface area contributed by atoms with E-state index in [1.165, 1.54) is 17.3 Å². The lowest BCUT2D eigenvalue weighted by Crippen LogP contribution is -2.17. The molecule has 7 heteroatoms. The van der Waals surface area contributed by atoms with Gasteiger partial charge in [-0.05, 0) is 48.8 Å². The van der Waals surface area contributed by atoms with Crippen molar-refractivity contribution in [3.8, 4) is 5.75 Å². The minimum Gasteiger partial charge on any atom is -0.489 e. The Morgan fingerprint density at radius 3 is 2.88 bits per heavy atom. The Hall–Kier alpha value is -1.08. The van der Waals surface area contributed by atoms with Crippen LogP contribution in [-0.2, 0) is 4.79 Å². The molecule has 0 radical (unpaired) electrons. The second-order valence-electron chi connectivity index (χ2n) is 5.26. The zero-order valence-corrected chi connectivity index (χ0v) is 16.4. The van der Waals surface area contributed by atoms with Crippen LogP contribution in [0.2, 0.25) is 0 Å². The highest BCUT2D eigenvalue weighted by molar-refractivity contribution is 9.10. The molecule has 1 fully saturated rings. The van der Waals surface area contributed by atoms with Gasteiger partial charge in [-0.3, -0.25) is 4.79 Å². The molecule has 1 aromatic rings. The zero-order chi connectivity index (χ0) is 17.1. The molecule has 2 aliphatic rings. The van der Waals surface area contributed by atoms with Gasteiger partial charge in [-0.25, -0.2) is 0 Å². The molecule has 0 bridgehead atoms. The predicted octanol–water partition coefficient (Wildman–Crippen LogP) is 5.16. The molecular formula is C17H13BrClNO2S2. The van der Waals surface area contributed by atoms with Crippen molar-refractivity contribution in [1.82, 2.24) is 5.32 Å². The van der Waals surface area contributed by atoms with Crippen molar-refractivity contribution >= 4 is 67.8 Å². The molecule has 1 heterocycles. The van der Waals surface area contributed by atoms with E-state index in [2.05, 4.69) is 21.2 Å². The highest BCUT2D eigenvalue weighted by Crippen LogP contribution is 2.31. The van der Waals surface area contributed by atoms with E-state index in [-0.39, 0.29) is 5.91 Å². The van der Waals surface area contributed by atoms with Crippen LogP contribution >= 0.6 is 51.5 Å². The van der Waals surface area contributed by atoms with E-state index in [9.17, 15) is 4.79 Å². The first-order valence-corrected chi connectivity index (χ1v) is 9.62. The molecule has 0 atom stereocenters. The zero-order valence-electron chi connectivity index (χ0n) is 12.5. The number of carbonyl (C=O) groups excluding carboxylic acids is 1. The summed E-state index contributed by atoms with van der Waals surface area (Å²) in [5.41, 5.74) is 2.02. The maximum absolute atomic E-state index is 11.9. The number of carbonyl (C=O) groups is 1. The van der Waals surface area contributed by atoms with Gasteiger partial charge in [-0.15, -0.1) is 0 Å². The summed E-state index contributed by atoms with van der Waals surface area (Å²) in [7, 11) is 0. The Labute approximate surface area is 163 Å². The molecule has 0 unspecified atom stereocenters. The summed E-state index contributed by atoms with van der Waals surface area (Å²) in [6, 6.07) is 5.72. The van der Waals surface area contributed by atoms with Crippen molar-refractivity contribution in [1.29, 1.82) is 0 Å². The summed E-state index contributed by atoms with van der Waals surface area (Å²) < 4.78 is 7.35. The second-order valence-corrected chi connectivity index (χ2v) is 8.38. The largest absolute Gasteiger partial charge is 0.489 e. The summed E-state index contributed by atoms with van der Waals surface area (Å²) in [6.07, 6.45) is 7.46. The van der Waals surface area contributed by atoms with E-state index in [1.807, 2.05) is 30.4 Å². The van der Waals surface area contributed by atoms with Crippen LogP contribution in [0.25, 0.3) is 6.08 Å². The molecule has 0 aromatic heterocycles. The van der Waals surface area contributed by atoms with Crippen LogP contribution in [0.5, 0.6) is 5.75 Å². The fraction of sp³-hybridized carbons (Fsp3) is 0.176. The maximum atomic E-state index is 11.9. The van der Waals surface area contributed by atoms with Crippen molar-refractivity contribution in [2.75, 3.05) is 6.61 Å². The topological polar surface area (TPSA) is 38.3 Å². The van der Waals surface area contributed by atoms with Crippen LogP contribution in [0.1, 0.15) is 18.4 Å². The lowest BCUT2D eigenvalue weighted by Gasteiger charge is -2.14. The number of ether oxygens (including phenoxy) is 1. The Morgan fingerprint density at radius 2 is 2.21 bits per heavy atom. The third kappa shape index (κ3) is 4.51. The summed E-state index contributed by atoms with van der Waals surface area (Å²) in [5, 5.41) is 3.48. The number of allylic oxidation sites excluding steroid dienone is 3. The third-order valence-corrected chi connectivity index (χ3v) is 5.47. The van der Waals surface area contributed by atoms with Crippen LogP contribution in [0, 0.1) is 0 Å². The summed E-state index contributed by atoms with van der Waals surface area (Å²) >= 11 is 15.7. The first-order chi connectivity index (χ1) is 11.5. The normalized spacial score (nSPS) is 19.2. The molecule has 1 saturated heterocycles. The van der Waals surface area contributed by atoms with E-state index in [4.69, 9.17) is 28.6 Å². The van der Waals surface area contributed by atoms with Gasteiger partial charge < -0.3 is 10.1 Å². The monoisotopic (exact) mass is 441 g/mol. The average molecular weight is 443 g/mol. The van der Waals surface area contributed by atoms with Crippen LogP contribution < -0.4 is 10.1 Å². The number of amides is 1. The number of rotatable bonds is 4. The maximum Gasteiger partial charge on any atom is 0.263 e. The van der Waals surface area contributed by atoms with Gasteiger partial charge >= 0.3 is 0 Å². The Kier molecular flexibility index (Phi) is 5.81. The van der Waals surface area contributed by atoms with Gasteiger partial charge in [0.2, 0.25) is 0 Å². The van der Waals surface area contributed by atoms with Crippen LogP contribution in [-0.4, -0.2) is 16.8 Å². The van der Waals surface area contributed by atoms with Crippen molar-refractivity contribution in [2.45, 2.75) is 12.8 Å². The molecule has 24 heavy (non-hydrogen) atoms. The minimum absolute atomic E-state index is 0.175. The van der Waals surface area contributed by atoms with Gasteiger partial charge in [-0.1, -0.05) is 57.6 Å². The van der Waals surface area contributed by atoms with E-state index >= 15 is 0 Å². The molecule has 3 rings (SSSR count). The number of thiocarbonyl (C=S) groups is 1. The van der Waals surface area contributed by atoms with Crippen molar-refractivity contribution in [3.05, 3.63) is 55.9 Å². The molecule has 1 amide bonds. The van der Waals surface area contributed by atoms with Gasteiger partial charge in [0.25, 0.3) is 5.91 Å². The first kappa shape index (κ1) is 17.7. The summed E-state index contributed by atoms with van der Waals surface area (Å²) in [5.74, 6) is 0.546. The van der Waals surface area contributed by atoms with Crippen LogP contribution in [0.3, 0.4) is 0 Å². The SMILES string of the molecule is O=C1NC(=S)SC1=Cc1cc(Br)ccc1OCC1=CC=C(Cl)CC1. The molecule has 1 N–H and O–H groups in total. The highest BCUT2D eigenvalue weighted by Gasteiger charge is 2.22. The number of halogens is 2. The molecule has 1 aliphatic carbocycles. The van der Waals surface area contributed by atoms with Gasteiger partial charge in [0, 0.05) is 15.1 Å². The number of thioether (sulfide) groups is 1. The lowest BCUT2D eigenvalue weighted by atomic mass is 10.1. The van der Waals surface area contributed by atoms with Crippen LogP contribution in [0.4, 0.5) is 0 Å². The Balaban J connectivity index is 1.80. The van der Waals surface area contributed by atoms with Gasteiger partial charge in [-0.2, -0.15) is 0 Å². The molecule has 3 nitrogen and oxygen atoms in total.